The van der Waals surface area contributed by atoms with Crippen molar-refractivity contribution in [2.75, 3.05) is 11.1 Å². The van der Waals surface area contributed by atoms with E-state index in [1.807, 2.05) is 48.5 Å². The number of hydrogen-bond donors (Lipinski definition) is 2. The first-order valence-electron chi connectivity index (χ1n) is 6.90. The first-order valence-corrected chi connectivity index (χ1v) is 8.68. The van der Waals surface area contributed by atoms with E-state index in [0.717, 1.165) is 15.1 Å². The van der Waals surface area contributed by atoms with Gasteiger partial charge in [0.2, 0.25) is 11.9 Å². The van der Waals surface area contributed by atoms with Gasteiger partial charge in [-0.1, -0.05) is 40.2 Å². The SMILES string of the molecule is Nc1nc(CSc2cccc(Br)c2)nc(Nc2ccccc2)n1. The number of thioether (sulfide) groups is 1. The van der Waals surface area contributed by atoms with Crippen molar-refractivity contribution in [3.63, 3.8) is 0 Å². The second-order valence-electron chi connectivity index (χ2n) is 4.67. The number of para-hydroxylation sites is 1. The predicted octanol–water partition coefficient (Wildman–Crippen LogP) is 4.25. The molecule has 0 aliphatic rings. The van der Waals surface area contributed by atoms with Gasteiger partial charge in [0.05, 0.1) is 5.75 Å². The van der Waals surface area contributed by atoms with Gasteiger partial charge < -0.3 is 11.1 Å². The van der Waals surface area contributed by atoms with Gasteiger partial charge in [-0.15, -0.1) is 11.8 Å². The second kappa shape index (κ2) is 7.43. The first-order chi connectivity index (χ1) is 11.2. The molecule has 0 bridgehead atoms. The fourth-order valence-electron chi connectivity index (χ4n) is 1.91. The molecule has 5 nitrogen and oxygen atoms in total. The van der Waals surface area contributed by atoms with E-state index < -0.39 is 0 Å². The number of rotatable bonds is 5. The van der Waals surface area contributed by atoms with Crippen LogP contribution in [0.2, 0.25) is 0 Å². The Labute approximate surface area is 146 Å². The molecule has 2 aromatic carbocycles. The lowest BCUT2D eigenvalue weighted by molar-refractivity contribution is 0.982. The van der Waals surface area contributed by atoms with Crippen LogP contribution in [-0.2, 0) is 5.75 Å². The summed E-state index contributed by atoms with van der Waals surface area (Å²) in [6.45, 7) is 0. The van der Waals surface area contributed by atoms with E-state index >= 15 is 0 Å². The summed E-state index contributed by atoms with van der Waals surface area (Å²) in [4.78, 5) is 13.9. The van der Waals surface area contributed by atoms with Crippen LogP contribution in [0, 0.1) is 0 Å². The minimum absolute atomic E-state index is 0.211. The average Bonchev–Trinajstić information content (AvgIpc) is 2.53. The number of nitrogens with zero attached hydrogens (tertiary/aromatic N) is 3. The normalized spacial score (nSPS) is 10.5. The van der Waals surface area contributed by atoms with Crippen molar-refractivity contribution >= 4 is 45.3 Å². The number of anilines is 3. The zero-order chi connectivity index (χ0) is 16.1. The van der Waals surface area contributed by atoms with Gasteiger partial charge in [-0.05, 0) is 30.3 Å². The van der Waals surface area contributed by atoms with Gasteiger partial charge in [0.25, 0.3) is 0 Å². The molecule has 1 heterocycles. The van der Waals surface area contributed by atoms with Gasteiger partial charge in [-0.25, -0.2) is 0 Å². The Morgan fingerprint density at radius 1 is 1.00 bits per heavy atom. The summed E-state index contributed by atoms with van der Waals surface area (Å²) < 4.78 is 1.05. The number of nitrogens with two attached hydrogens (primary N) is 1. The topological polar surface area (TPSA) is 76.7 Å². The molecule has 3 aromatic rings. The Bertz CT molecular complexity index is 797. The molecule has 7 heteroatoms. The Kier molecular flexibility index (Phi) is 5.09. The van der Waals surface area contributed by atoms with Crippen LogP contribution in [-0.4, -0.2) is 15.0 Å². The lowest BCUT2D eigenvalue weighted by Crippen LogP contribution is -2.06. The van der Waals surface area contributed by atoms with Gasteiger partial charge in [0.15, 0.2) is 0 Å². The Morgan fingerprint density at radius 3 is 2.61 bits per heavy atom. The molecule has 0 saturated heterocycles. The Morgan fingerprint density at radius 2 is 1.83 bits per heavy atom. The summed E-state index contributed by atoms with van der Waals surface area (Å²) in [5.74, 6) is 1.92. The standard InChI is InChI=1S/C16H14BrN5S/c17-11-5-4-8-13(9-11)23-10-14-20-15(18)22-16(21-14)19-12-6-2-1-3-7-12/h1-9H,10H2,(H3,18,19,20,21,22). The van der Waals surface area contributed by atoms with Crippen molar-refractivity contribution in [3.05, 3.63) is 64.9 Å². The van der Waals surface area contributed by atoms with Crippen LogP contribution in [0.1, 0.15) is 5.82 Å². The minimum atomic E-state index is 0.211. The number of benzene rings is 2. The maximum Gasteiger partial charge on any atom is 0.232 e. The summed E-state index contributed by atoms with van der Waals surface area (Å²) in [6, 6.07) is 17.8. The first kappa shape index (κ1) is 15.8. The average molecular weight is 388 g/mol. The lowest BCUT2D eigenvalue weighted by Gasteiger charge is -2.07. The van der Waals surface area contributed by atoms with E-state index in [9.17, 15) is 0 Å². The van der Waals surface area contributed by atoms with Crippen molar-refractivity contribution in [1.29, 1.82) is 0 Å². The minimum Gasteiger partial charge on any atom is -0.368 e. The maximum absolute atomic E-state index is 5.79. The molecule has 116 valence electrons. The van der Waals surface area contributed by atoms with E-state index in [0.29, 0.717) is 17.5 Å². The zero-order valence-electron chi connectivity index (χ0n) is 12.1. The van der Waals surface area contributed by atoms with Crippen LogP contribution in [0.15, 0.2) is 64.0 Å². The van der Waals surface area contributed by atoms with Crippen LogP contribution in [0.5, 0.6) is 0 Å². The molecule has 3 rings (SSSR count). The second-order valence-corrected chi connectivity index (χ2v) is 6.63. The molecular weight excluding hydrogens is 374 g/mol. The maximum atomic E-state index is 5.79. The summed E-state index contributed by atoms with van der Waals surface area (Å²) >= 11 is 5.11. The fourth-order valence-corrected chi connectivity index (χ4v) is 3.27. The van der Waals surface area contributed by atoms with Crippen LogP contribution < -0.4 is 11.1 Å². The number of halogens is 1. The molecule has 0 spiro atoms. The molecule has 0 amide bonds. The fraction of sp³-hybridized carbons (Fsp3) is 0.0625. The van der Waals surface area contributed by atoms with Gasteiger partial charge in [-0.2, -0.15) is 15.0 Å². The molecule has 1 aromatic heterocycles. The molecule has 0 radical (unpaired) electrons. The highest BCUT2D eigenvalue weighted by molar-refractivity contribution is 9.10. The summed E-state index contributed by atoms with van der Waals surface area (Å²) in [7, 11) is 0. The van der Waals surface area contributed by atoms with Crippen molar-refractivity contribution in [2.24, 2.45) is 0 Å². The Balaban J connectivity index is 1.72. The van der Waals surface area contributed by atoms with E-state index in [1.165, 1.54) is 0 Å². The van der Waals surface area contributed by atoms with Crippen molar-refractivity contribution in [1.82, 2.24) is 15.0 Å². The highest BCUT2D eigenvalue weighted by Crippen LogP contribution is 2.25. The molecule has 0 saturated carbocycles. The van der Waals surface area contributed by atoms with Gasteiger partial charge in [0.1, 0.15) is 5.82 Å². The molecule has 0 fully saturated rings. The Hall–Kier alpha value is -2.12. The zero-order valence-corrected chi connectivity index (χ0v) is 14.5. The van der Waals surface area contributed by atoms with Crippen molar-refractivity contribution < 1.29 is 0 Å². The van der Waals surface area contributed by atoms with E-state index in [2.05, 4.69) is 42.3 Å². The van der Waals surface area contributed by atoms with Crippen LogP contribution >= 0.6 is 27.7 Å². The third kappa shape index (κ3) is 4.67. The third-order valence-corrected chi connectivity index (χ3v) is 4.38. The highest BCUT2D eigenvalue weighted by atomic mass is 79.9. The van der Waals surface area contributed by atoms with Crippen LogP contribution in [0.4, 0.5) is 17.6 Å². The number of hydrogen-bond acceptors (Lipinski definition) is 6. The summed E-state index contributed by atoms with van der Waals surface area (Å²) in [5.41, 5.74) is 6.69. The van der Waals surface area contributed by atoms with E-state index in [1.54, 1.807) is 11.8 Å². The molecule has 0 aliphatic carbocycles. The highest BCUT2D eigenvalue weighted by Gasteiger charge is 2.06. The molecule has 0 aliphatic heterocycles. The van der Waals surface area contributed by atoms with Gasteiger partial charge in [0, 0.05) is 15.1 Å². The quantitative estimate of drug-likeness (QED) is 0.637. The molecule has 0 atom stereocenters. The van der Waals surface area contributed by atoms with Gasteiger partial charge >= 0.3 is 0 Å². The number of nitrogens with one attached hydrogen (secondary N) is 1. The molecule has 0 unspecified atom stereocenters. The molecular formula is C16H14BrN5S. The predicted molar refractivity (Wildman–Crippen MR) is 97.7 cm³/mol. The number of nitrogen functional groups attached to an aromatic ring is 1. The van der Waals surface area contributed by atoms with E-state index in [-0.39, 0.29) is 5.95 Å². The van der Waals surface area contributed by atoms with Gasteiger partial charge in [-0.3, -0.25) is 0 Å². The summed E-state index contributed by atoms with van der Waals surface area (Å²) in [5, 5.41) is 3.13. The van der Waals surface area contributed by atoms with Crippen LogP contribution in [0.25, 0.3) is 0 Å². The van der Waals surface area contributed by atoms with E-state index in [4.69, 9.17) is 5.73 Å². The van der Waals surface area contributed by atoms with Crippen LogP contribution in [0.3, 0.4) is 0 Å². The largest absolute Gasteiger partial charge is 0.368 e. The molecule has 3 N–H and O–H groups in total. The summed E-state index contributed by atoms with van der Waals surface area (Å²) in [6.07, 6.45) is 0. The monoisotopic (exact) mass is 387 g/mol. The van der Waals surface area contributed by atoms with Crippen molar-refractivity contribution in [3.8, 4) is 0 Å². The smallest absolute Gasteiger partial charge is 0.232 e. The number of aromatic nitrogens is 3. The molecule has 23 heavy (non-hydrogen) atoms. The van der Waals surface area contributed by atoms with Crippen molar-refractivity contribution in [2.45, 2.75) is 10.6 Å². The third-order valence-electron chi connectivity index (χ3n) is 2.89. The lowest BCUT2D eigenvalue weighted by atomic mass is 10.3.